The number of nitrogens with zero attached hydrogens (tertiary/aromatic N) is 4. The Labute approximate surface area is 239 Å². The number of alkyl halides is 3. The number of anilines is 5. The van der Waals surface area contributed by atoms with E-state index < -0.39 is 24.7 Å². The average Bonchev–Trinajstić information content (AvgIpc) is 2.89. The number of rotatable bonds is 8. The van der Waals surface area contributed by atoms with Crippen LogP contribution in [0.1, 0.15) is 29.5 Å². The van der Waals surface area contributed by atoms with E-state index in [-0.39, 0.29) is 5.95 Å². The van der Waals surface area contributed by atoms with Gasteiger partial charge >= 0.3 is 6.18 Å². The van der Waals surface area contributed by atoms with Gasteiger partial charge in [-0.3, -0.25) is 0 Å². The first-order valence-corrected chi connectivity index (χ1v) is 16.0. The number of aromatic nitrogens is 2. The second-order valence-corrected chi connectivity index (χ2v) is 14.3. The van der Waals surface area contributed by atoms with Crippen LogP contribution >= 0.6 is 7.14 Å². The first kappa shape index (κ1) is 30.7. The molecule has 0 bridgehead atoms. The van der Waals surface area contributed by atoms with Crippen LogP contribution in [0.5, 0.6) is 5.75 Å². The molecule has 2 N–H and O–H groups in total. The van der Waals surface area contributed by atoms with Crippen LogP contribution in [-0.4, -0.2) is 68.5 Å². The largest absolute Gasteiger partial charge is 0.494 e. The quantitative estimate of drug-likeness (QED) is 0.292. The fraction of sp³-hybridized carbons (Fsp3) is 0.448. The van der Waals surface area contributed by atoms with Crippen molar-refractivity contribution in [3.63, 3.8) is 0 Å². The number of hydrogen-bond donors (Lipinski definition) is 2. The summed E-state index contributed by atoms with van der Waals surface area (Å²) < 4.78 is 60.4. The molecular weight excluding hydrogens is 552 g/mol. The van der Waals surface area contributed by atoms with E-state index in [4.69, 9.17) is 4.74 Å². The lowest BCUT2D eigenvalue weighted by Gasteiger charge is -2.37. The van der Waals surface area contributed by atoms with Gasteiger partial charge in [-0.15, -0.1) is 0 Å². The number of benzene rings is 2. The molecule has 0 radical (unpaired) electrons. The van der Waals surface area contributed by atoms with Crippen LogP contribution in [0, 0.1) is 13.8 Å². The second-order valence-electron chi connectivity index (χ2n) is 11.1. The lowest BCUT2D eigenvalue weighted by molar-refractivity contribution is -0.137. The number of hydrogen-bond acceptors (Lipinski definition) is 8. The van der Waals surface area contributed by atoms with Crippen molar-refractivity contribution in [2.45, 2.75) is 38.9 Å². The third-order valence-electron chi connectivity index (χ3n) is 7.38. The van der Waals surface area contributed by atoms with Crippen molar-refractivity contribution >= 4 is 41.3 Å². The highest BCUT2D eigenvalue weighted by atomic mass is 31.2. The topological polar surface area (TPSA) is 82.6 Å². The summed E-state index contributed by atoms with van der Waals surface area (Å²) in [5.41, 5.74) is 2.70. The van der Waals surface area contributed by atoms with E-state index in [1.807, 2.05) is 26.0 Å². The van der Waals surface area contributed by atoms with Crippen LogP contribution in [0.25, 0.3) is 0 Å². The van der Waals surface area contributed by atoms with Gasteiger partial charge in [-0.25, -0.2) is 4.98 Å². The molecular formula is C29H38F3N6O2P. The highest BCUT2D eigenvalue weighted by molar-refractivity contribution is 7.70. The molecule has 1 saturated heterocycles. The number of methoxy groups -OCH3 is 1. The van der Waals surface area contributed by atoms with E-state index in [1.54, 1.807) is 38.6 Å². The summed E-state index contributed by atoms with van der Waals surface area (Å²) in [6.45, 7) is 8.81. The Bertz CT molecular complexity index is 1450. The predicted octanol–water partition coefficient (Wildman–Crippen LogP) is 6.39. The molecule has 0 atom stereocenters. The molecule has 0 unspecified atom stereocenters. The molecule has 41 heavy (non-hydrogen) atoms. The van der Waals surface area contributed by atoms with Crippen LogP contribution in [0.4, 0.5) is 42.0 Å². The summed E-state index contributed by atoms with van der Waals surface area (Å²) in [4.78, 5) is 12.8. The number of aryl methyl sites for hydroxylation is 2. The summed E-state index contributed by atoms with van der Waals surface area (Å²) in [6.07, 6.45) is -1.86. The fourth-order valence-corrected chi connectivity index (χ4v) is 6.32. The van der Waals surface area contributed by atoms with Crippen molar-refractivity contribution in [1.29, 1.82) is 0 Å². The Hall–Kier alpha value is -3.30. The Kier molecular flexibility index (Phi) is 8.90. The SMILES string of the molecule is COc1cc(N2CCC(N(C)C)CC2)c(C)cc1Nc1ncc(C(F)(F)F)c(Nc2ccc(C)cc2P(C)(C)=O)n1. The summed E-state index contributed by atoms with van der Waals surface area (Å²) >= 11 is 0. The molecule has 2 aromatic carbocycles. The van der Waals surface area contributed by atoms with E-state index in [2.05, 4.69) is 44.5 Å². The van der Waals surface area contributed by atoms with Gasteiger partial charge in [0.2, 0.25) is 5.95 Å². The number of piperidine rings is 1. The highest BCUT2D eigenvalue weighted by Gasteiger charge is 2.36. The van der Waals surface area contributed by atoms with Gasteiger partial charge in [0.05, 0.1) is 18.5 Å². The summed E-state index contributed by atoms with van der Waals surface area (Å²) in [7, 11) is 2.94. The van der Waals surface area contributed by atoms with E-state index in [9.17, 15) is 17.7 Å². The van der Waals surface area contributed by atoms with Crippen LogP contribution in [0.2, 0.25) is 0 Å². The van der Waals surface area contributed by atoms with Crippen LogP contribution in [0.15, 0.2) is 36.5 Å². The zero-order valence-electron chi connectivity index (χ0n) is 24.6. The van der Waals surface area contributed by atoms with Gasteiger partial charge < -0.3 is 29.7 Å². The smallest absolute Gasteiger partial charge is 0.421 e. The maximum atomic E-state index is 13.9. The van der Waals surface area contributed by atoms with Crippen molar-refractivity contribution in [3.8, 4) is 5.75 Å². The minimum atomic E-state index is -4.70. The third-order valence-corrected chi connectivity index (χ3v) is 8.91. The molecule has 8 nitrogen and oxygen atoms in total. The first-order valence-electron chi connectivity index (χ1n) is 13.4. The maximum absolute atomic E-state index is 13.9. The Morgan fingerprint density at radius 3 is 2.32 bits per heavy atom. The second kappa shape index (κ2) is 11.9. The van der Waals surface area contributed by atoms with Crippen molar-refractivity contribution in [1.82, 2.24) is 14.9 Å². The Morgan fingerprint density at radius 2 is 1.73 bits per heavy atom. The van der Waals surface area contributed by atoms with E-state index in [0.717, 1.165) is 48.9 Å². The van der Waals surface area contributed by atoms with Gasteiger partial charge in [-0.05, 0) is 77.9 Å². The number of halogens is 3. The summed E-state index contributed by atoms with van der Waals surface area (Å²) in [5, 5.41) is 6.27. The molecule has 0 amide bonds. The predicted molar refractivity (Wildman–Crippen MR) is 161 cm³/mol. The van der Waals surface area contributed by atoms with Gasteiger partial charge in [0.1, 0.15) is 24.3 Å². The van der Waals surface area contributed by atoms with Gasteiger partial charge in [0.15, 0.2) is 0 Å². The van der Waals surface area contributed by atoms with Gasteiger partial charge in [0.25, 0.3) is 0 Å². The molecule has 2 heterocycles. The third kappa shape index (κ3) is 7.13. The minimum absolute atomic E-state index is 0.0393. The molecule has 222 valence electrons. The van der Waals surface area contributed by atoms with Crippen molar-refractivity contribution < 1.29 is 22.5 Å². The fourth-order valence-electron chi connectivity index (χ4n) is 5.09. The molecule has 12 heteroatoms. The molecule has 0 saturated carbocycles. The zero-order chi connectivity index (χ0) is 30.1. The minimum Gasteiger partial charge on any atom is -0.494 e. The monoisotopic (exact) mass is 590 g/mol. The van der Waals surface area contributed by atoms with Gasteiger partial charge in [-0.1, -0.05) is 11.6 Å². The molecule has 1 aliphatic heterocycles. The molecule has 4 rings (SSSR count). The molecule has 3 aromatic rings. The van der Waals surface area contributed by atoms with Crippen molar-refractivity contribution in [3.05, 3.63) is 53.2 Å². The average molecular weight is 591 g/mol. The number of ether oxygens (including phenoxy) is 1. The van der Waals surface area contributed by atoms with E-state index in [1.165, 1.54) is 0 Å². The van der Waals surface area contributed by atoms with Gasteiger partial charge in [-0.2, -0.15) is 18.2 Å². The van der Waals surface area contributed by atoms with Gasteiger partial charge in [0, 0.05) is 42.4 Å². The Balaban J connectivity index is 1.66. The van der Waals surface area contributed by atoms with E-state index in [0.29, 0.717) is 28.5 Å². The summed E-state index contributed by atoms with van der Waals surface area (Å²) in [6, 6.07) is 9.46. The van der Waals surface area contributed by atoms with Crippen molar-refractivity contribution in [2.75, 3.05) is 63.2 Å². The molecule has 1 aromatic heterocycles. The lowest BCUT2D eigenvalue weighted by atomic mass is 10.0. The highest BCUT2D eigenvalue weighted by Crippen LogP contribution is 2.41. The van der Waals surface area contributed by atoms with E-state index >= 15 is 0 Å². The molecule has 0 aliphatic carbocycles. The van der Waals surface area contributed by atoms with Crippen LogP contribution in [0.3, 0.4) is 0 Å². The van der Waals surface area contributed by atoms with Crippen molar-refractivity contribution in [2.24, 2.45) is 0 Å². The Morgan fingerprint density at radius 1 is 1.05 bits per heavy atom. The number of nitrogens with one attached hydrogen (secondary N) is 2. The standard InChI is InChI=1S/C29H38F3N6O2P/c1-18-8-9-22(26(14-18)41(6,7)39)34-27-21(29(30,31)32)17-33-28(36-27)35-23-15-19(2)24(16-25(23)40-5)38-12-10-20(11-13-38)37(3)4/h8-9,14-17,20H,10-13H2,1-7H3,(H2,33,34,35,36). The zero-order valence-corrected chi connectivity index (χ0v) is 25.5. The maximum Gasteiger partial charge on any atom is 0.421 e. The van der Waals surface area contributed by atoms with Crippen LogP contribution in [-0.2, 0) is 10.7 Å². The van der Waals surface area contributed by atoms with Crippen LogP contribution < -0.4 is 25.6 Å². The first-order chi connectivity index (χ1) is 19.2. The molecule has 0 spiro atoms. The lowest BCUT2D eigenvalue weighted by Crippen LogP contribution is -2.42. The molecule has 1 aliphatic rings. The summed E-state index contributed by atoms with van der Waals surface area (Å²) in [5.74, 6) is 0.0456. The molecule has 1 fully saturated rings. The normalized spacial score (nSPS) is 14.9.